The van der Waals surface area contributed by atoms with Crippen LogP contribution < -0.4 is 5.32 Å². The van der Waals surface area contributed by atoms with Crippen LogP contribution in [0.3, 0.4) is 0 Å². The van der Waals surface area contributed by atoms with E-state index < -0.39 is 0 Å². The maximum Gasteiger partial charge on any atom is 0.0384 e. The van der Waals surface area contributed by atoms with Crippen molar-refractivity contribution in [3.8, 4) is 11.1 Å². The molecule has 4 rings (SSSR count). The molecule has 2 aromatic rings. The predicted molar refractivity (Wildman–Crippen MR) is 174 cm³/mol. The van der Waals surface area contributed by atoms with Crippen LogP contribution in [0, 0.1) is 6.92 Å². The van der Waals surface area contributed by atoms with Crippen LogP contribution in [0.5, 0.6) is 0 Å². The van der Waals surface area contributed by atoms with Crippen molar-refractivity contribution in [2.45, 2.75) is 66.3 Å². The number of aromatic nitrogens is 1. The molecule has 3 heterocycles. The van der Waals surface area contributed by atoms with Gasteiger partial charge in [-0.05, 0) is 117 Å². The summed E-state index contributed by atoms with van der Waals surface area (Å²) in [5, 5.41) is 3.47. The number of benzene rings is 1. The van der Waals surface area contributed by atoms with E-state index in [1.165, 1.54) is 75.8 Å². The van der Waals surface area contributed by atoms with Gasteiger partial charge in [0, 0.05) is 42.4 Å². The number of hydrogen-bond donors (Lipinski definition) is 1. The quantitative estimate of drug-likeness (QED) is 0.292. The molecule has 4 nitrogen and oxygen atoms in total. The first-order chi connectivity index (χ1) is 18.9. The lowest BCUT2D eigenvalue weighted by molar-refractivity contribution is 0.220. The lowest BCUT2D eigenvalue weighted by atomic mass is 9.94. The van der Waals surface area contributed by atoms with Gasteiger partial charge < -0.3 is 5.32 Å². The Morgan fingerprint density at radius 3 is 2.23 bits per heavy atom. The Bertz CT molecular complexity index is 1220. The second kappa shape index (κ2) is 15.5. The van der Waals surface area contributed by atoms with Crippen LogP contribution in [0.2, 0.25) is 0 Å². The first kappa shape index (κ1) is 31.3. The molecule has 214 valence electrons. The second-order valence-corrected chi connectivity index (χ2v) is 11.1. The van der Waals surface area contributed by atoms with Crippen molar-refractivity contribution in [1.82, 2.24) is 20.1 Å². The maximum absolute atomic E-state index is 4.58. The maximum atomic E-state index is 4.58. The van der Waals surface area contributed by atoms with Crippen LogP contribution in [-0.2, 0) is 6.54 Å². The van der Waals surface area contributed by atoms with Crippen molar-refractivity contribution in [2.75, 3.05) is 32.7 Å². The molecule has 0 aliphatic carbocycles. The van der Waals surface area contributed by atoms with Gasteiger partial charge in [0.1, 0.15) is 0 Å². The van der Waals surface area contributed by atoms with Gasteiger partial charge in [-0.3, -0.25) is 14.8 Å². The van der Waals surface area contributed by atoms with Gasteiger partial charge in [-0.2, -0.15) is 0 Å². The Kier molecular flexibility index (Phi) is 12.2. The van der Waals surface area contributed by atoms with E-state index in [-0.39, 0.29) is 7.43 Å². The molecule has 0 radical (unpaired) electrons. The van der Waals surface area contributed by atoms with E-state index in [2.05, 4.69) is 89.3 Å². The van der Waals surface area contributed by atoms with E-state index in [0.29, 0.717) is 0 Å². The number of likely N-dealkylation sites (tertiary alicyclic amines) is 2. The first-order valence-electron chi connectivity index (χ1n) is 14.6. The van der Waals surface area contributed by atoms with Crippen molar-refractivity contribution >= 4 is 5.57 Å². The molecule has 1 N–H and O–H groups in total. The highest BCUT2D eigenvalue weighted by molar-refractivity contribution is 5.81. The molecule has 1 aromatic heterocycles. The standard InChI is InChI=1S/C35H46N4.CH4/c1-6-34(16-13-27(2)25-38-17-9-7-10-18-38)37-30(5)29(4)35-22-32(15-14-28(35)3)33-21-31(23-36-24-33)26-39-19-11-8-12-20-39;/h6,13-16,21-24,37H,2,4-5,7-12,17-20,25-26H2,1,3H3;1H4/b16-13-,34-6+;. The van der Waals surface area contributed by atoms with Gasteiger partial charge in [0.25, 0.3) is 0 Å². The van der Waals surface area contributed by atoms with E-state index in [0.717, 1.165) is 52.3 Å². The molecule has 2 fully saturated rings. The molecule has 2 aliphatic heterocycles. The summed E-state index contributed by atoms with van der Waals surface area (Å²) in [5.41, 5.74) is 9.65. The van der Waals surface area contributed by atoms with Crippen molar-refractivity contribution in [3.63, 3.8) is 0 Å². The lowest BCUT2D eigenvalue weighted by Crippen LogP contribution is -2.31. The summed E-state index contributed by atoms with van der Waals surface area (Å²) in [7, 11) is 0. The Hall–Kier alpha value is -3.21. The number of rotatable bonds is 11. The summed E-state index contributed by atoms with van der Waals surface area (Å²) < 4.78 is 0. The predicted octanol–water partition coefficient (Wildman–Crippen LogP) is 8.30. The van der Waals surface area contributed by atoms with E-state index in [9.17, 15) is 0 Å². The molecular weight excluding hydrogens is 488 g/mol. The highest BCUT2D eigenvalue weighted by Gasteiger charge is 2.13. The van der Waals surface area contributed by atoms with Crippen LogP contribution in [0.1, 0.15) is 69.6 Å². The minimum absolute atomic E-state index is 0. The summed E-state index contributed by atoms with van der Waals surface area (Å²) in [6.45, 7) is 23.8. The molecule has 0 atom stereocenters. The molecule has 1 aromatic carbocycles. The average molecular weight is 539 g/mol. The number of nitrogens with zero attached hydrogens (tertiary/aromatic N) is 3. The molecular formula is C36H50N4. The summed E-state index contributed by atoms with van der Waals surface area (Å²) >= 11 is 0. The third-order valence-corrected chi connectivity index (χ3v) is 7.89. The third kappa shape index (κ3) is 8.90. The monoisotopic (exact) mass is 538 g/mol. The van der Waals surface area contributed by atoms with Gasteiger partial charge in [-0.15, -0.1) is 0 Å². The molecule has 0 spiro atoms. The SMILES string of the molecule is C.C=C(/C=C\C(=C/C)NC(=C)C(=C)c1cc(-c2cncc(CN3CCCCC3)c2)ccc1C)CN1CCCCC1. The summed E-state index contributed by atoms with van der Waals surface area (Å²) in [6.07, 6.45) is 18.1. The van der Waals surface area contributed by atoms with Crippen molar-refractivity contribution in [1.29, 1.82) is 0 Å². The number of nitrogens with one attached hydrogen (secondary N) is 1. The smallest absolute Gasteiger partial charge is 0.0384 e. The molecule has 4 heteroatoms. The molecule has 2 saturated heterocycles. The Morgan fingerprint density at radius 1 is 0.875 bits per heavy atom. The normalized spacial score (nSPS) is 16.9. The zero-order valence-electron chi connectivity index (χ0n) is 24.1. The molecule has 0 saturated carbocycles. The van der Waals surface area contributed by atoms with Gasteiger partial charge >= 0.3 is 0 Å². The average Bonchev–Trinajstić information content (AvgIpc) is 2.96. The molecule has 0 amide bonds. The fraction of sp³-hybridized carbons (Fsp3) is 0.417. The van der Waals surface area contributed by atoms with Crippen molar-refractivity contribution in [2.24, 2.45) is 0 Å². The zero-order valence-corrected chi connectivity index (χ0v) is 24.1. The van der Waals surface area contributed by atoms with Gasteiger partial charge in [0.2, 0.25) is 0 Å². The Balaban J connectivity index is 0.00000441. The van der Waals surface area contributed by atoms with Gasteiger partial charge in [0.15, 0.2) is 0 Å². The van der Waals surface area contributed by atoms with E-state index in [1.807, 2.05) is 19.3 Å². The highest BCUT2D eigenvalue weighted by Crippen LogP contribution is 2.29. The number of allylic oxidation sites excluding steroid dienone is 3. The topological polar surface area (TPSA) is 31.4 Å². The third-order valence-electron chi connectivity index (χ3n) is 7.89. The van der Waals surface area contributed by atoms with Crippen LogP contribution in [-0.4, -0.2) is 47.5 Å². The number of piperidine rings is 2. The molecule has 2 aliphatic rings. The second-order valence-electron chi connectivity index (χ2n) is 11.1. The van der Waals surface area contributed by atoms with Crippen LogP contribution in [0.25, 0.3) is 16.7 Å². The van der Waals surface area contributed by atoms with Crippen LogP contribution in [0.4, 0.5) is 0 Å². The summed E-state index contributed by atoms with van der Waals surface area (Å²) in [4.78, 5) is 9.61. The summed E-state index contributed by atoms with van der Waals surface area (Å²) in [5.74, 6) is 0. The number of hydrogen-bond acceptors (Lipinski definition) is 4. The van der Waals surface area contributed by atoms with Crippen LogP contribution >= 0.6 is 0 Å². The van der Waals surface area contributed by atoms with E-state index in [4.69, 9.17) is 0 Å². The Morgan fingerprint density at radius 2 is 1.55 bits per heavy atom. The zero-order chi connectivity index (χ0) is 27.6. The minimum Gasteiger partial charge on any atom is -0.356 e. The van der Waals surface area contributed by atoms with Gasteiger partial charge in [-0.1, -0.05) is 64.3 Å². The first-order valence-corrected chi connectivity index (χ1v) is 14.6. The van der Waals surface area contributed by atoms with Crippen molar-refractivity contribution in [3.05, 3.63) is 108 Å². The molecule has 0 bridgehead atoms. The van der Waals surface area contributed by atoms with E-state index in [1.54, 1.807) is 0 Å². The van der Waals surface area contributed by atoms with Crippen molar-refractivity contribution < 1.29 is 0 Å². The lowest BCUT2D eigenvalue weighted by Gasteiger charge is -2.26. The number of pyridine rings is 1. The van der Waals surface area contributed by atoms with Gasteiger partial charge in [0.05, 0.1) is 0 Å². The molecule has 0 unspecified atom stereocenters. The fourth-order valence-electron chi connectivity index (χ4n) is 5.52. The molecule has 40 heavy (non-hydrogen) atoms. The van der Waals surface area contributed by atoms with E-state index >= 15 is 0 Å². The largest absolute Gasteiger partial charge is 0.356 e. The fourth-order valence-corrected chi connectivity index (χ4v) is 5.52. The highest BCUT2D eigenvalue weighted by atomic mass is 15.1. The summed E-state index contributed by atoms with van der Waals surface area (Å²) in [6, 6.07) is 8.85. The van der Waals surface area contributed by atoms with Crippen LogP contribution in [0.15, 0.2) is 91.6 Å². The number of aryl methyl sites for hydroxylation is 1. The Labute approximate surface area is 243 Å². The van der Waals surface area contributed by atoms with Gasteiger partial charge in [-0.25, -0.2) is 0 Å². The minimum atomic E-state index is 0.